The number of piperidine rings is 1. The molecule has 31 heavy (non-hydrogen) atoms. The maximum absolute atomic E-state index is 13.1. The van der Waals surface area contributed by atoms with Crippen molar-refractivity contribution < 1.29 is 23.5 Å². The predicted octanol–water partition coefficient (Wildman–Crippen LogP) is 4.18. The minimum absolute atomic E-state index is 0.0212. The molecule has 6 heteroatoms. The van der Waals surface area contributed by atoms with Crippen molar-refractivity contribution in [3.05, 3.63) is 58.9 Å². The summed E-state index contributed by atoms with van der Waals surface area (Å²) in [5.74, 6) is 1.38. The first kappa shape index (κ1) is 21.5. The maximum atomic E-state index is 13.1. The zero-order chi connectivity index (χ0) is 22.0. The van der Waals surface area contributed by atoms with Gasteiger partial charge in [-0.1, -0.05) is 0 Å². The van der Waals surface area contributed by atoms with Crippen molar-refractivity contribution in [2.24, 2.45) is 11.8 Å². The lowest BCUT2D eigenvalue weighted by Crippen LogP contribution is -2.40. The summed E-state index contributed by atoms with van der Waals surface area (Å²) in [5.41, 5.74) is 2.33. The van der Waals surface area contributed by atoms with E-state index >= 15 is 0 Å². The number of carbonyl (C=O) groups excluding carboxylic acids is 2. The quantitative estimate of drug-likeness (QED) is 0.650. The van der Waals surface area contributed by atoms with E-state index in [1.54, 1.807) is 32.4 Å². The van der Waals surface area contributed by atoms with Crippen LogP contribution in [0, 0.1) is 17.7 Å². The number of Topliss-reactive ketones (excluding diaryl/α,β-unsaturated/α-hetero) is 2. The van der Waals surface area contributed by atoms with Crippen molar-refractivity contribution in [2.75, 3.05) is 33.9 Å². The number of likely N-dealkylation sites (tertiary alicyclic amines) is 1. The number of methoxy groups -OCH3 is 2. The Hall–Kier alpha value is -2.73. The van der Waals surface area contributed by atoms with Crippen molar-refractivity contribution in [3.8, 4) is 11.5 Å². The van der Waals surface area contributed by atoms with Gasteiger partial charge in [-0.15, -0.1) is 0 Å². The summed E-state index contributed by atoms with van der Waals surface area (Å²) in [6.07, 6.45) is 2.93. The molecule has 4 rings (SSSR count). The van der Waals surface area contributed by atoms with Crippen LogP contribution in [0.25, 0.3) is 0 Å². The SMILES string of the molecule is COc1cc2c(cc1OC)C(=O)C[C@H](CN1CCC(C(=O)c3ccc(F)cc3)CC1)C2. The van der Waals surface area contributed by atoms with Crippen LogP contribution in [0.4, 0.5) is 4.39 Å². The van der Waals surface area contributed by atoms with Gasteiger partial charge in [-0.05, 0) is 80.2 Å². The van der Waals surface area contributed by atoms with E-state index < -0.39 is 0 Å². The standard InChI is InChI=1S/C25H28FNO4/c1-30-23-13-19-11-16(12-22(28)21(19)14-24(23)31-2)15-27-9-7-18(8-10-27)25(29)17-3-5-20(26)6-4-17/h3-6,13-14,16,18H,7-12,15H2,1-2H3/t16-/m1/s1. The van der Waals surface area contributed by atoms with Gasteiger partial charge in [-0.2, -0.15) is 0 Å². The number of halogens is 1. The second-order valence-electron chi connectivity index (χ2n) is 8.51. The van der Waals surface area contributed by atoms with E-state index in [0.29, 0.717) is 23.5 Å². The molecule has 0 aromatic heterocycles. The Bertz CT molecular complexity index is 964. The second-order valence-corrected chi connectivity index (χ2v) is 8.51. The number of carbonyl (C=O) groups is 2. The summed E-state index contributed by atoms with van der Waals surface area (Å²) >= 11 is 0. The fourth-order valence-corrected chi connectivity index (χ4v) is 4.83. The van der Waals surface area contributed by atoms with E-state index in [9.17, 15) is 14.0 Å². The molecule has 0 N–H and O–H groups in total. The van der Waals surface area contributed by atoms with Crippen molar-refractivity contribution in [3.63, 3.8) is 0 Å². The van der Waals surface area contributed by atoms with Gasteiger partial charge in [0.15, 0.2) is 23.1 Å². The van der Waals surface area contributed by atoms with E-state index in [1.807, 2.05) is 6.07 Å². The van der Waals surface area contributed by atoms with Crippen LogP contribution in [0.1, 0.15) is 45.5 Å². The van der Waals surface area contributed by atoms with Crippen molar-refractivity contribution in [1.82, 2.24) is 4.90 Å². The van der Waals surface area contributed by atoms with E-state index in [2.05, 4.69) is 4.90 Å². The number of ketones is 2. The molecule has 2 aromatic carbocycles. The number of benzene rings is 2. The highest BCUT2D eigenvalue weighted by molar-refractivity contribution is 5.99. The van der Waals surface area contributed by atoms with Gasteiger partial charge in [-0.3, -0.25) is 9.59 Å². The summed E-state index contributed by atoms with van der Waals surface area (Å²) in [4.78, 5) is 27.8. The van der Waals surface area contributed by atoms with Crippen molar-refractivity contribution >= 4 is 11.6 Å². The predicted molar refractivity (Wildman–Crippen MR) is 116 cm³/mol. The van der Waals surface area contributed by atoms with Crippen LogP contribution in [0.2, 0.25) is 0 Å². The average molecular weight is 426 g/mol. The van der Waals surface area contributed by atoms with Gasteiger partial charge in [-0.25, -0.2) is 4.39 Å². The minimum atomic E-state index is -0.328. The Morgan fingerprint density at radius 2 is 1.68 bits per heavy atom. The number of rotatable bonds is 6. The third kappa shape index (κ3) is 4.64. The molecular formula is C25H28FNO4. The summed E-state index contributed by atoms with van der Waals surface area (Å²) in [7, 11) is 3.18. The number of ether oxygens (including phenoxy) is 2. The van der Waals surface area contributed by atoms with Crippen LogP contribution < -0.4 is 9.47 Å². The molecule has 1 fully saturated rings. The molecule has 2 aromatic rings. The highest BCUT2D eigenvalue weighted by atomic mass is 19.1. The summed E-state index contributed by atoms with van der Waals surface area (Å²) in [5, 5.41) is 0. The molecule has 0 spiro atoms. The smallest absolute Gasteiger partial charge is 0.166 e. The van der Waals surface area contributed by atoms with Gasteiger partial charge >= 0.3 is 0 Å². The monoisotopic (exact) mass is 425 g/mol. The fraction of sp³-hybridized carbons (Fsp3) is 0.440. The second kappa shape index (κ2) is 9.18. The molecule has 1 heterocycles. The zero-order valence-corrected chi connectivity index (χ0v) is 18.0. The summed E-state index contributed by atoms with van der Waals surface area (Å²) in [6.45, 7) is 2.51. The van der Waals surface area contributed by atoms with Crippen molar-refractivity contribution in [2.45, 2.75) is 25.7 Å². The lowest BCUT2D eigenvalue weighted by atomic mass is 9.81. The molecule has 0 amide bonds. The molecule has 1 aliphatic carbocycles. The van der Waals surface area contributed by atoms with Crippen LogP contribution in [0.5, 0.6) is 11.5 Å². The van der Waals surface area contributed by atoms with E-state index in [1.165, 1.54) is 12.1 Å². The first-order valence-corrected chi connectivity index (χ1v) is 10.8. The first-order chi connectivity index (χ1) is 15.0. The van der Waals surface area contributed by atoms with Crippen molar-refractivity contribution in [1.29, 1.82) is 0 Å². The fourth-order valence-electron chi connectivity index (χ4n) is 4.83. The topological polar surface area (TPSA) is 55.8 Å². The Kier molecular flexibility index (Phi) is 6.37. The average Bonchev–Trinajstić information content (AvgIpc) is 2.79. The minimum Gasteiger partial charge on any atom is -0.493 e. The summed E-state index contributed by atoms with van der Waals surface area (Å²) in [6, 6.07) is 9.53. The Balaban J connectivity index is 1.35. The molecule has 0 radical (unpaired) electrons. The Morgan fingerprint density at radius 1 is 1.03 bits per heavy atom. The van der Waals surface area contributed by atoms with E-state index in [0.717, 1.165) is 50.0 Å². The number of nitrogens with zero attached hydrogens (tertiary/aromatic N) is 1. The maximum Gasteiger partial charge on any atom is 0.166 e. The molecule has 0 bridgehead atoms. The molecule has 5 nitrogen and oxygen atoms in total. The molecule has 1 saturated heterocycles. The molecular weight excluding hydrogens is 397 g/mol. The molecule has 164 valence electrons. The number of fused-ring (bicyclic) bond motifs is 1. The van der Waals surface area contributed by atoms with Gasteiger partial charge in [0.05, 0.1) is 14.2 Å². The number of hydrogen-bond donors (Lipinski definition) is 0. The van der Waals surface area contributed by atoms with E-state index in [4.69, 9.17) is 9.47 Å². The summed E-state index contributed by atoms with van der Waals surface area (Å²) < 4.78 is 23.8. The largest absolute Gasteiger partial charge is 0.493 e. The van der Waals surface area contributed by atoms with Gasteiger partial charge < -0.3 is 14.4 Å². The van der Waals surface area contributed by atoms with Crippen LogP contribution in [0.15, 0.2) is 36.4 Å². The third-order valence-electron chi connectivity index (χ3n) is 6.50. The van der Waals surface area contributed by atoms with Gasteiger partial charge in [0.2, 0.25) is 0 Å². The van der Waals surface area contributed by atoms with Gasteiger partial charge in [0.1, 0.15) is 5.82 Å². The Morgan fingerprint density at radius 3 is 2.32 bits per heavy atom. The van der Waals surface area contributed by atoms with Crippen LogP contribution >= 0.6 is 0 Å². The normalized spacial score (nSPS) is 19.7. The highest BCUT2D eigenvalue weighted by Gasteiger charge is 2.31. The Labute approximate surface area is 182 Å². The number of hydrogen-bond acceptors (Lipinski definition) is 5. The van der Waals surface area contributed by atoms with E-state index in [-0.39, 0.29) is 29.2 Å². The van der Waals surface area contributed by atoms with Gasteiger partial charge in [0, 0.05) is 30.0 Å². The molecule has 1 atom stereocenters. The third-order valence-corrected chi connectivity index (χ3v) is 6.50. The molecule has 1 aliphatic heterocycles. The lowest BCUT2D eigenvalue weighted by molar-refractivity contribution is 0.0812. The highest BCUT2D eigenvalue weighted by Crippen LogP contribution is 2.36. The van der Waals surface area contributed by atoms with Crippen LogP contribution in [-0.2, 0) is 6.42 Å². The molecule has 0 saturated carbocycles. The zero-order valence-electron chi connectivity index (χ0n) is 18.0. The lowest BCUT2D eigenvalue weighted by Gasteiger charge is -2.35. The van der Waals surface area contributed by atoms with Crippen LogP contribution in [0.3, 0.4) is 0 Å². The van der Waals surface area contributed by atoms with Crippen LogP contribution in [-0.4, -0.2) is 50.3 Å². The van der Waals surface area contributed by atoms with Gasteiger partial charge in [0.25, 0.3) is 0 Å². The molecule has 0 unspecified atom stereocenters. The first-order valence-electron chi connectivity index (χ1n) is 10.8. The molecule has 2 aliphatic rings.